The van der Waals surface area contributed by atoms with Crippen molar-refractivity contribution in [3.8, 4) is 0 Å². The van der Waals surface area contributed by atoms with Gasteiger partial charge in [-0.25, -0.2) is 15.0 Å². The van der Waals surface area contributed by atoms with Crippen molar-refractivity contribution >= 4 is 40.2 Å². The van der Waals surface area contributed by atoms with E-state index in [1.807, 2.05) is 6.26 Å². The van der Waals surface area contributed by atoms with Crippen molar-refractivity contribution in [3.05, 3.63) is 11.6 Å². The molecule has 2 rings (SSSR count). The molecule has 0 aliphatic heterocycles. The zero-order valence-corrected chi connectivity index (χ0v) is 13.5. The highest BCUT2D eigenvalue weighted by Crippen LogP contribution is 2.28. The zero-order valence-electron chi connectivity index (χ0n) is 11.9. The number of hydrogen-bond donors (Lipinski definition) is 0. The highest BCUT2D eigenvalue weighted by atomic mass is 35.5. The summed E-state index contributed by atoms with van der Waals surface area (Å²) < 4.78 is 0. The molecule has 108 valence electrons. The Morgan fingerprint density at radius 1 is 1.10 bits per heavy atom. The fraction of sp³-hybridized carbons (Fsp3) is 0.538. The van der Waals surface area contributed by atoms with E-state index in [0.717, 1.165) is 47.8 Å². The molecule has 0 aromatic carbocycles. The summed E-state index contributed by atoms with van der Waals surface area (Å²) in [5, 5.41) is 1.07. The molecule has 2 aromatic heterocycles. The van der Waals surface area contributed by atoms with Gasteiger partial charge in [0, 0.05) is 13.1 Å². The van der Waals surface area contributed by atoms with E-state index >= 15 is 0 Å². The van der Waals surface area contributed by atoms with E-state index in [1.54, 1.807) is 6.33 Å². The minimum Gasteiger partial charge on any atom is -0.355 e. The number of aromatic nitrogens is 4. The van der Waals surface area contributed by atoms with E-state index in [-0.39, 0.29) is 5.28 Å². The van der Waals surface area contributed by atoms with Crippen LogP contribution < -0.4 is 4.90 Å². The van der Waals surface area contributed by atoms with Gasteiger partial charge in [0.15, 0.2) is 5.82 Å². The number of rotatable bonds is 6. The first-order valence-electron chi connectivity index (χ1n) is 6.68. The molecule has 0 N–H and O–H groups in total. The van der Waals surface area contributed by atoms with Crippen LogP contribution in [-0.2, 0) is 0 Å². The molecule has 0 unspecified atom stereocenters. The van der Waals surface area contributed by atoms with Crippen molar-refractivity contribution in [3.63, 3.8) is 0 Å². The molecular formula is C13H18ClN5S. The molecule has 20 heavy (non-hydrogen) atoms. The van der Waals surface area contributed by atoms with Gasteiger partial charge in [-0.05, 0) is 30.7 Å². The van der Waals surface area contributed by atoms with Gasteiger partial charge in [0.2, 0.25) is 5.28 Å². The largest absolute Gasteiger partial charge is 0.355 e. The normalized spacial score (nSPS) is 11.0. The summed E-state index contributed by atoms with van der Waals surface area (Å²) in [5.41, 5.74) is 1.50. The minimum atomic E-state index is 0.245. The lowest BCUT2D eigenvalue weighted by atomic mass is 10.3. The molecule has 0 fully saturated rings. The maximum Gasteiger partial charge on any atom is 0.225 e. The zero-order chi connectivity index (χ0) is 14.5. The summed E-state index contributed by atoms with van der Waals surface area (Å²) in [7, 11) is 0. The van der Waals surface area contributed by atoms with E-state index in [9.17, 15) is 0 Å². The van der Waals surface area contributed by atoms with Crippen LogP contribution in [0.2, 0.25) is 5.28 Å². The summed E-state index contributed by atoms with van der Waals surface area (Å²) in [5.74, 6) is 0.807. The van der Waals surface area contributed by atoms with Gasteiger partial charge < -0.3 is 4.90 Å². The second-order valence-electron chi connectivity index (χ2n) is 4.38. The molecule has 0 saturated heterocycles. The van der Waals surface area contributed by atoms with Gasteiger partial charge >= 0.3 is 0 Å². The maximum atomic E-state index is 6.08. The van der Waals surface area contributed by atoms with Crippen molar-refractivity contribution in [2.24, 2.45) is 0 Å². The Morgan fingerprint density at radius 2 is 1.80 bits per heavy atom. The van der Waals surface area contributed by atoms with E-state index in [0.29, 0.717) is 0 Å². The SMILES string of the molecule is CCCN(CCC)c1nc(Cl)nc2c(SC)ncnc12. The number of thioether (sulfide) groups is 1. The summed E-state index contributed by atoms with van der Waals surface area (Å²) in [6.45, 7) is 6.15. The highest BCUT2D eigenvalue weighted by Gasteiger charge is 2.16. The Kier molecular flexibility index (Phi) is 5.37. The Hall–Kier alpha value is -1.14. The molecular weight excluding hydrogens is 294 g/mol. The summed E-state index contributed by atoms with van der Waals surface area (Å²) in [6, 6.07) is 0. The third-order valence-electron chi connectivity index (χ3n) is 2.88. The topological polar surface area (TPSA) is 54.8 Å². The van der Waals surface area contributed by atoms with Crippen LogP contribution in [0.1, 0.15) is 26.7 Å². The van der Waals surface area contributed by atoms with Crippen molar-refractivity contribution < 1.29 is 0 Å². The average Bonchev–Trinajstić information content (AvgIpc) is 2.45. The number of fused-ring (bicyclic) bond motifs is 1. The van der Waals surface area contributed by atoms with Crippen LogP contribution in [0.5, 0.6) is 0 Å². The smallest absolute Gasteiger partial charge is 0.225 e. The third kappa shape index (κ3) is 3.12. The van der Waals surface area contributed by atoms with E-state index in [4.69, 9.17) is 11.6 Å². The Labute approximate surface area is 128 Å². The Bertz CT molecular complexity index is 586. The predicted molar refractivity (Wildman–Crippen MR) is 84.7 cm³/mol. The fourth-order valence-electron chi connectivity index (χ4n) is 2.12. The average molecular weight is 312 g/mol. The molecule has 2 heterocycles. The minimum absolute atomic E-state index is 0.245. The van der Waals surface area contributed by atoms with Gasteiger partial charge in [-0.15, -0.1) is 11.8 Å². The van der Waals surface area contributed by atoms with Gasteiger partial charge in [0.25, 0.3) is 0 Å². The number of anilines is 1. The van der Waals surface area contributed by atoms with Gasteiger partial charge in [0.1, 0.15) is 22.4 Å². The molecule has 5 nitrogen and oxygen atoms in total. The number of halogens is 1. The molecule has 0 amide bonds. The molecule has 0 spiro atoms. The van der Waals surface area contributed by atoms with Crippen LogP contribution in [0.4, 0.5) is 5.82 Å². The van der Waals surface area contributed by atoms with E-state index < -0.39 is 0 Å². The van der Waals surface area contributed by atoms with Crippen LogP contribution >= 0.6 is 23.4 Å². The van der Waals surface area contributed by atoms with Gasteiger partial charge in [0.05, 0.1) is 0 Å². The first-order chi connectivity index (χ1) is 9.71. The Balaban J connectivity index is 2.61. The van der Waals surface area contributed by atoms with Crippen LogP contribution in [0.3, 0.4) is 0 Å². The summed E-state index contributed by atoms with van der Waals surface area (Å²) in [4.78, 5) is 19.5. The predicted octanol–water partition coefficient (Wildman–Crippen LogP) is 3.42. The van der Waals surface area contributed by atoms with Crippen LogP contribution in [-0.4, -0.2) is 39.3 Å². The standard InChI is InChI=1S/C13H18ClN5S/c1-4-6-19(7-5-2)11-9-10(17-13(14)18-11)12(20-3)16-8-15-9/h8H,4-7H2,1-3H3. The lowest BCUT2D eigenvalue weighted by molar-refractivity contribution is 0.735. The number of hydrogen-bond acceptors (Lipinski definition) is 6. The second kappa shape index (κ2) is 7.04. The lowest BCUT2D eigenvalue weighted by Crippen LogP contribution is -2.26. The maximum absolute atomic E-state index is 6.08. The van der Waals surface area contributed by atoms with Crippen molar-refractivity contribution in [1.82, 2.24) is 19.9 Å². The van der Waals surface area contributed by atoms with Gasteiger partial charge in [-0.3, -0.25) is 0 Å². The molecule has 7 heteroatoms. The Morgan fingerprint density at radius 3 is 2.40 bits per heavy atom. The first kappa shape index (κ1) is 15.3. The van der Waals surface area contributed by atoms with Gasteiger partial charge in [-0.1, -0.05) is 13.8 Å². The van der Waals surface area contributed by atoms with E-state index in [2.05, 4.69) is 38.7 Å². The van der Waals surface area contributed by atoms with Gasteiger partial charge in [-0.2, -0.15) is 4.98 Å². The lowest BCUT2D eigenvalue weighted by Gasteiger charge is -2.23. The molecule has 0 atom stereocenters. The quantitative estimate of drug-likeness (QED) is 0.463. The molecule has 0 aliphatic rings. The molecule has 0 bridgehead atoms. The van der Waals surface area contributed by atoms with E-state index in [1.165, 1.54) is 11.8 Å². The van der Waals surface area contributed by atoms with Crippen molar-refractivity contribution in [2.45, 2.75) is 31.7 Å². The van der Waals surface area contributed by atoms with Crippen molar-refractivity contribution in [2.75, 3.05) is 24.2 Å². The highest BCUT2D eigenvalue weighted by molar-refractivity contribution is 7.98. The van der Waals surface area contributed by atoms with Crippen molar-refractivity contribution in [1.29, 1.82) is 0 Å². The summed E-state index contributed by atoms with van der Waals surface area (Å²) in [6.07, 6.45) is 5.62. The molecule has 0 radical (unpaired) electrons. The van der Waals surface area contributed by atoms with Crippen LogP contribution in [0.15, 0.2) is 11.4 Å². The second-order valence-corrected chi connectivity index (χ2v) is 5.52. The molecule has 2 aromatic rings. The molecule has 0 saturated carbocycles. The van der Waals surface area contributed by atoms with Crippen LogP contribution in [0, 0.1) is 0 Å². The third-order valence-corrected chi connectivity index (χ3v) is 3.74. The number of nitrogens with zero attached hydrogens (tertiary/aromatic N) is 5. The first-order valence-corrected chi connectivity index (χ1v) is 8.28. The van der Waals surface area contributed by atoms with Crippen LogP contribution in [0.25, 0.3) is 11.0 Å². The summed E-state index contributed by atoms with van der Waals surface area (Å²) >= 11 is 7.62. The molecule has 0 aliphatic carbocycles. The fourth-order valence-corrected chi connectivity index (χ4v) is 2.77. The monoisotopic (exact) mass is 311 g/mol.